The summed E-state index contributed by atoms with van der Waals surface area (Å²) in [5, 5.41) is 16.0. The Bertz CT molecular complexity index is 819. The Hall–Kier alpha value is -2.90. The van der Waals surface area contributed by atoms with Crippen LogP contribution in [0.25, 0.3) is 11.4 Å². The summed E-state index contributed by atoms with van der Waals surface area (Å²) in [5.41, 5.74) is 0.749. The summed E-state index contributed by atoms with van der Waals surface area (Å²) in [6.07, 6.45) is 2.43. The Morgan fingerprint density at radius 1 is 1.33 bits per heavy atom. The van der Waals surface area contributed by atoms with Crippen LogP contribution in [0.5, 0.6) is 5.75 Å². The molecule has 0 radical (unpaired) electrons. The number of carboxylic acid groups (broad SMARTS) is 1. The third-order valence-corrected chi connectivity index (χ3v) is 4.89. The fourth-order valence-electron chi connectivity index (χ4n) is 3.34. The first-order valence-corrected chi connectivity index (χ1v) is 8.99. The number of nitrogens with zero attached hydrogens (tertiary/aromatic N) is 2. The average molecular weight is 373 g/mol. The smallest absolute Gasteiger partial charge is 0.306 e. The minimum absolute atomic E-state index is 0.172. The molecule has 1 aliphatic carbocycles. The van der Waals surface area contributed by atoms with E-state index in [1.165, 1.54) is 0 Å². The summed E-state index contributed by atoms with van der Waals surface area (Å²) < 4.78 is 10.5. The lowest BCUT2D eigenvalue weighted by Gasteiger charge is -2.26. The highest BCUT2D eigenvalue weighted by atomic mass is 16.5. The summed E-state index contributed by atoms with van der Waals surface area (Å²) in [7, 11) is 1.58. The van der Waals surface area contributed by atoms with Gasteiger partial charge in [-0.3, -0.25) is 9.59 Å². The first-order valence-electron chi connectivity index (χ1n) is 8.99. The average Bonchev–Trinajstić information content (AvgIpc) is 3.18. The van der Waals surface area contributed by atoms with Crippen LogP contribution in [0.1, 0.15) is 44.5 Å². The molecule has 2 aromatic rings. The molecule has 27 heavy (non-hydrogen) atoms. The van der Waals surface area contributed by atoms with Gasteiger partial charge in [0.1, 0.15) is 11.8 Å². The van der Waals surface area contributed by atoms with Gasteiger partial charge in [0, 0.05) is 11.5 Å². The van der Waals surface area contributed by atoms with Crippen molar-refractivity contribution in [2.24, 2.45) is 11.8 Å². The zero-order chi connectivity index (χ0) is 19.4. The normalized spacial score (nSPS) is 20.7. The molecule has 3 rings (SSSR count). The van der Waals surface area contributed by atoms with E-state index in [-0.39, 0.29) is 11.8 Å². The highest BCUT2D eigenvalue weighted by Crippen LogP contribution is 2.30. The lowest BCUT2D eigenvalue weighted by atomic mass is 9.81. The van der Waals surface area contributed by atoms with E-state index in [1.54, 1.807) is 20.1 Å². The Balaban J connectivity index is 1.64. The highest BCUT2D eigenvalue weighted by Gasteiger charge is 2.32. The lowest BCUT2D eigenvalue weighted by molar-refractivity contribution is -0.144. The molecule has 3 unspecified atom stereocenters. The van der Waals surface area contributed by atoms with Crippen molar-refractivity contribution in [1.29, 1.82) is 0 Å². The van der Waals surface area contributed by atoms with Crippen LogP contribution in [0.15, 0.2) is 28.8 Å². The number of benzene rings is 1. The van der Waals surface area contributed by atoms with Crippen LogP contribution in [0.3, 0.4) is 0 Å². The number of carboxylic acids is 1. The zero-order valence-corrected chi connectivity index (χ0v) is 15.3. The van der Waals surface area contributed by atoms with Crippen molar-refractivity contribution in [3.8, 4) is 17.1 Å². The molecule has 1 fully saturated rings. The molecule has 3 atom stereocenters. The first kappa shape index (κ1) is 18.9. The second-order valence-electron chi connectivity index (χ2n) is 6.82. The van der Waals surface area contributed by atoms with E-state index in [0.29, 0.717) is 36.7 Å². The van der Waals surface area contributed by atoms with Gasteiger partial charge in [-0.2, -0.15) is 4.98 Å². The number of carbonyl (C=O) groups is 2. The number of aliphatic carboxylic acids is 1. The molecule has 8 heteroatoms. The molecule has 2 N–H and O–H groups in total. The fourth-order valence-corrected chi connectivity index (χ4v) is 3.34. The standard InChI is InChI=1S/C19H23N3O5/c1-11(20-17(23)13-6-3-7-14(9-13)19(24)25)18-21-16(22-27-18)12-5-4-8-15(10-12)26-2/h4-5,8,10-11,13-14H,3,6-7,9H2,1-2H3,(H,20,23)(H,24,25). The monoisotopic (exact) mass is 373 g/mol. The van der Waals surface area contributed by atoms with E-state index in [4.69, 9.17) is 9.26 Å². The predicted octanol–water partition coefficient (Wildman–Crippen LogP) is 2.81. The van der Waals surface area contributed by atoms with Gasteiger partial charge >= 0.3 is 5.97 Å². The maximum atomic E-state index is 12.5. The van der Waals surface area contributed by atoms with Crippen molar-refractivity contribution in [2.75, 3.05) is 7.11 Å². The van der Waals surface area contributed by atoms with Gasteiger partial charge in [0.25, 0.3) is 0 Å². The maximum Gasteiger partial charge on any atom is 0.306 e. The second-order valence-corrected chi connectivity index (χ2v) is 6.82. The van der Waals surface area contributed by atoms with Gasteiger partial charge in [0.05, 0.1) is 13.0 Å². The number of amides is 1. The van der Waals surface area contributed by atoms with Crippen LogP contribution in [-0.2, 0) is 9.59 Å². The van der Waals surface area contributed by atoms with Crippen LogP contribution in [0, 0.1) is 11.8 Å². The quantitative estimate of drug-likeness (QED) is 0.800. The van der Waals surface area contributed by atoms with Gasteiger partial charge in [0.15, 0.2) is 0 Å². The third kappa shape index (κ3) is 4.45. The molecular formula is C19H23N3O5. The molecule has 0 bridgehead atoms. The van der Waals surface area contributed by atoms with Gasteiger partial charge < -0.3 is 19.7 Å². The molecule has 144 valence electrons. The van der Waals surface area contributed by atoms with E-state index in [1.807, 2.05) is 18.2 Å². The molecule has 0 aliphatic heterocycles. The molecule has 0 saturated heterocycles. The van der Waals surface area contributed by atoms with Crippen molar-refractivity contribution in [3.05, 3.63) is 30.2 Å². The number of methoxy groups -OCH3 is 1. The molecule has 1 saturated carbocycles. The number of aromatic nitrogens is 2. The minimum atomic E-state index is -0.833. The molecule has 0 spiro atoms. The Morgan fingerprint density at radius 3 is 2.85 bits per heavy atom. The third-order valence-electron chi connectivity index (χ3n) is 4.89. The maximum absolute atomic E-state index is 12.5. The number of carbonyl (C=O) groups excluding carboxylic acids is 1. The fraction of sp³-hybridized carbons (Fsp3) is 0.474. The summed E-state index contributed by atoms with van der Waals surface area (Å²) in [6.45, 7) is 1.76. The van der Waals surface area contributed by atoms with Crippen molar-refractivity contribution >= 4 is 11.9 Å². The van der Waals surface area contributed by atoms with Gasteiger partial charge in [-0.1, -0.05) is 23.7 Å². The van der Waals surface area contributed by atoms with E-state index in [9.17, 15) is 14.7 Å². The van der Waals surface area contributed by atoms with Gasteiger partial charge in [-0.25, -0.2) is 0 Å². The van der Waals surface area contributed by atoms with Crippen molar-refractivity contribution in [2.45, 2.75) is 38.6 Å². The predicted molar refractivity (Wildman–Crippen MR) is 95.9 cm³/mol. The number of rotatable bonds is 6. The summed E-state index contributed by atoms with van der Waals surface area (Å²) in [4.78, 5) is 28.0. The molecule has 1 aromatic heterocycles. The number of hydrogen-bond donors (Lipinski definition) is 2. The second kappa shape index (κ2) is 8.20. The molecule has 1 aromatic carbocycles. The summed E-state index contributed by atoms with van der Waals surface area (Å²) >= 11 is 0. The van der Waals surface area contributed by atoms with Gasteiger partial charge in [-0.15, -0.1) is 0 Å². The van der Waals surface area contributed by atoms with E-state index < -0.39 is 17.9 Å². The van der Waals surface area contributed by atoms with E-state index in [2.05, 4.69) is 15.5 Å². The largest absolute Gasteiger partial charge is 0.497 e. The van der Waals surface area contributed by atoms with Crippen LogP contribution < -0.4 is 10.1 Å². The Kier molecular flexibility index (Phi) is 5.73. The van der Waals surface area contributed by atoms with Gasteiger partial charge in [-0.05, 0) is 38.3 Å². The van der Waals surface area contributed by atoms with Crippen molar-refractivity contribution in [1.82, 2.24) is 15.5 Å². The van der Waals surface area contributed by atoms with Crippen LogP contribution in [0.2, 0.25) is 0 Å². The Labute approximate surface area is 156 Å². The lowest BCUT2D eigenvalue weighted by Crippen LogP contribution is -2.36. The van der Waals surface area contributed by atoms with Gasteiger partial charge in [0.2, 0.25) is 17.6 Å². The summed E-state index contributed by atoms with van der Waals surface area (Å²) in [6, 6.07) is 6.83. The zero-order valence-electron chi connectivity index (χ0n) is 15.3. The molecular weight excluding hydrogens is 350 g/mol. The SMILES string of the molecule is COc1cccc(-c2noc(C(C)NC(=O)C3CCCC(C(=O)O)C3)n2)c1. The number of ether oxygens (including phenoxy) is 1. The number of nitrogens with one attached hydrogen (secondary N) is 1. The van der Waals surface area contributed by atoms with Crippen molar-refractivity contribution < 1.29 is 24.0 Å². The molecule has 1 amide bonds. The molecule has 1 heterocycles. The topological polar surface area (TPSA) is 115 Å². The van der Waals surface area contributed by atoms with Crippen LogP contribution >= 0.6 is 0 Å². The molecule has 1 aliphatic rings. The first-order chi connectivity index (χ1) is 13.0. The summed E-state index contributed by atoms with van der Waals surface area (Å²) in [5.74, 6) is -0.364. The van der Waals surface area contributed by atoms with E-state index in [0.717, 1.165) is 12.0 Å². The number of hydrogen-bond acceptors (Lipinski definition) is 6. The van der Waals surface area contributed by atoms with Crippen LogP contribution in [0.4, 0.5) is 0 Å². The molecule has 8 nitrogen and oxygen atoms in total. The van der Waals surface area contributed by atoms with Crippen molar-refractivity contribution in [3.63, 3.8) is 0 Å². The minimum Gasteiger partial charge on any atom is -0.497 e. The van der Waals surface area contributed by atoms with E-state index >= 15 is 0 Å². The highest BCUT2D eigenvalue weighted by molar-refractivity contribution is 5.80. The van der Waals surface area contributed by atoms with Crippen LogP contribution in [-0.4, -0.2) is 34.2 Å². The Morgan fingerprint density at radius 2 is 2.11 bits per heavy atom.